The van der Waals surface area contributed by atoms with Crippen molar-refractivity contribution in [3.05, 3.63) is 24.9 Å². The molecule has 0 unspecified atom stereocenters. The van der Waals surface area contributed by atoms with Gasteiger partial charge in [0.15, 0.2) is 0 Å². The quantitative estimate of drug-likeness (QED) is 0.506. The molecule has 2 rings (SSSR count). The van der Waals surface area contributed by atoms with E-state index in [0.29, 0.717) is 10.9 Å². The number of halogens is 3. The Labute approximate surface area is 129 Å². The third-order valence-electron chi connectivity index (χ3n) is 3.04. The smallest absolute Gasteiger partial charge is 0.384 e. The van der Waals surface area contributed by atoms with Gasteiger partial charge in [0.05, 0.1) is 0 Å². The molecule has 1 aromatic heterocycles. The van der Waals surface area contributed by atoms with Crippen molar-refractivity contribution in [2.24, 2.45) is 5.92 Å². The number of carbonyl (C=O) groups is 1. The van der Waals surface area contributed by atoms with Crippen molar-refractivity contribution < 1.29 is 22.7 Å². The minimum Gasteiger partial charge on any atom is -0.384 e. The summed E-state index contributed by atoms with van der Waals surface area (Å²) in [6.07, 6.45) is -1.14. The molecule has 0 aliphatic carbocycles. The Hall–Kier alpha value is -1.61. The highest BCUT2D eigenvalue weighted by atomic mass is 32.2. The van der Waals surface area contributed by atoms with Gasteiger partial charge in [0.2, 0.25) is 0 Å². The molecule has 0 amide bonds. The van der Waals surface area contributed by atoms with Crippen molar-refractivity contribution in [2.45, 2.75) is 22.9 Å². The van der Waals surface area contributed by atoms with Crippen molar-refractivity contribution in [3.63, 3.8) is 0 Å². The Morgan fingerprint density at radius 2 is 2.32 bits per heavy atom. The van der Waals surface area contributed by atoms with E-state index in [-0.39, 0.29) is 5.25 Å². The summed E-state index contributed by atoms with van der Waals surface area (Å²) in [5.41, 5.74) is 0. The molecule has 9 heteroatoms. The zero-order chi connectivity index (χ0) is 16.2. The first-order chi connectivity index (χ1) is 10.4. The molecular formula is C13H14F3N3O2S. The van der Waals surface area contributed by atoms with E-state index in [0.717, 1.165) is 19.5 Å². The Kier molecular flexibility index (Phi) is 5.41. The second kappa shape index (κ2) is 7.10. The first-order valence-corrected chi connectivity index (χ1v) is 7.38. The number of nitrogens with one attached hydrogen (secondary N) is 1. The van der Waals surface area contributed by atoms with E-state index in [2.05, 4.69) is 26.6 Å². The Morgan fingerprint density at radius 1 is 1.55 bits per heavy atom. The van der Waals surface area contributed by atoms with Gasteiger partial charge < -0.3 is 10.1 Å². The van der Waals surface area contributed by atoms with Gasteiger partial charge in [-0.3, -0.25) is 0 Å². The molecule has 0 spiro atoms. The van der Waals surface area contributed by atoms with E-state index in [1.54, 1.807) is 6.07 Å². The second-order valence-electron chi connectivity index (χ2n) is 4.66. The molecule has 0 bridgehead atoms. The van der Waals surface area contributed by atoms with Gasteiger partial charge in [0.1, 0.15) is 5.03 Å². The molecule has 5 nitrogen and oxygen atoms in total. The minimum atomic E-state index is -5.07. The number of hydrogen-bond acceptors (Lipinski definition) is 6. The van der Waals surface area contributed by atoms with Crippen LogP contribution in [-0.4, -0.2) is 40.5 Å². The number of esters is 1. The lowest BCUT2D eigenvalue weighted by Gasteiger charge is -2.15. The molecule has 2 atom stereocenters. The topological polar surface area (TPSA) is 64.1 Å². The van der Waals surface area contributed by atoms with Crippen molar-refractivity contribution in [2.75, 3.05) is 13.1 Å². The van der Waals surface area contributed by atoms with Crippen LogP contribution >= 0.6 is 11.8 Å². The number of thioether (sulfide) groups is 1. The molecule has 1 aromatic rings. The van der Waals surface area contributed by atoms with Crippen LogP contribution in [-0.2, 0) is 4.79 Å². The fourth-order valence-electron chi connectivity index (χ4n) is 2.03. The predicted molar refractivity (Wildman–Crippen MR) is 74.5 cm³/mol. The van der Waals surface area contributed by atoms with Gasteiger partial charge in [-0.05, 0) is 24.9 Å². The fourth-order valence-corrected chi connectivity index (χ4v) is 3.21. The maximum absolute atomic E-state index is 12.1. The van der Waals surface area contributed by atoms with Crippen LogP contribution in [0.5, 0.6) is 6.01 Å². The Bertz CT molecular complexity index is 554. The van der Waals surface area contributed by atoms with Crippen LogP contribution in [0, 0.1) is 5.92 Å². The van der Waals surface area contributed by atoms with Gasteiger partial charge in [-0.25, -0.2) is 9.78 Å². The number of aromatic nitrogens is 2. The molecule has 0 saturated carbocycles. The second-order valence-corrected chi connectivity index (χ2v) is 5.92. The number of nitrogens with zero attached hydrogens (tertiary/aromatic N) is 2. The first-order valence-electron chi connectivity index (χ1n) is 6.50. The molecule has 0 aromatic carbocycles. The van der Waals surface area contributed by atoms with Gasteiger partial charge in [-0.15, -0.1) is 18.3 Å². The van der Waals surface area contributed by atoms with Crippen LogP contribution < -0.4 is 10.1 Å². The summed E-state index contributed by atoms with van der Waals surface area (Å²) in [5.74, 6) is -1.96. The number of allylic oxidation sites excluding steroid dienone is 1. The Balaban J connectivity index is 2.02. The van der Waals surface area contributed by atoms with Crippen molar-refractivity contribution in [1.82, 2.24) is 15.3 Å². The lowest BCUT2D eigenvalue weighted by molar-refractivity contribution is -0.190. The average molecular weight is 333 g/mol. The van der Waals surface area contributed by atoms with Crippen LogP contribution in [0.4, 0.5) is 13.2 Å². The van der Waals surface area contributed by atoms with Gasteiger partial charge in [-0.2, -0.15) is 18.2 Å². The zero-order valence-corrected chi connectivity index (χ0v) is 12.3. The van der Waals surface area contributed by atoms with Gasteiger partial charge >= 0.3 is 18.2 Å². The van der Waals surface area contributed by atoms with Gasteiger partial charge in [-0.1, -0.05) is 6.08 Å². The summed E-state index contributed by atoms with van der Waals surface area (Å²) in [6.45, 7) is 5.33. The van der Waals surface area contributed by atoms with Gasteiger partial charge in [0.25, 0.3) is 0 Å². The lowest BCUT2D eigenvalue weighted by atomic mass is 10.1. The number of ether oxygens (including phenoxy) is 1. The van der Waals surface area contributed by atoms with Crippen LogP contribution in [0.1, 0.15) is 6.42 Å². The number of carbonyl (C=O) groups excluding carboxylic acids is 1. The van der Waals surface area contributed by atoms with E-state index < -0.39 is 18.2 Å². The van der Waals surface area contributed by atoms with E-state index in [1.807, 2.05) is 6.08 Å². The molecule has 0 radical (unpaired) electrons. The first kappa shape index (κ1) is 16.8. The number of hydrogen-bond donors (Lipinski definition) is 1. The van der Waals surface area contributed by atoms with Crippen molar-refractivity contribution >= 4 is 17.7 Å². The monoisotopic (exact) mass is 333 g/mol. The average Bonchev–Trinajstić information content (AvgIpc) is 2.86. The molecule has 1 aliphatic rings. The summed E-state index contributed by atoms with van der Waals surface area (Å²) >= 11 is 1.41. The maximum Gasteiger partial charge on any atom is 0.491 e. The van der Waals surface area contributed by atoms with Gasteiger partial charge in [0, 0.05) is 18.0 Å². The molecule has 1 aliphatic heterocycles. The molecule has 22 heavy (non-hydrogen) atoms. The highest BCUT2D eigenvalue weighted by Crippen LogP contribution is 2.31. The van der Waals surface area contributed by atoms with E-state index in [4.69, 9.17) is 0 Å². The molecule has 2 heterocycles. The van der Waals surface area contributed by atoms with Crippen LogP contribution in [0.25, 0.3) is 0 Å². The highest BCUT2D eigenvalue weighted by molar-refractivity contribution is 7.99. The minimum absolute atomic E-state index is 0.221. The number of alkyl halides is 3. The number of rotatable bonds is 5. The van der Waals surface area contributed by atoms with E-state index in [9.17, 15) is 18.0 Å². The Morgan fingerprint density at radius 3 is 3.00 bits per heavy atom. The summed E-state index contributed by atoms with van der Waals surface area (Å²) < 4.78 is 40.6. The maximum atomic E-state index is 12.1. The molecule has 1 saturated heterocycles. The van der Waals surface area contributed by atoms with Crippen molar-refractivity contribution in [1.29, 1.82) is 0 Å². The highest BCUT2D eigenvalue weighted by Gasteiger charge is 2.42. The summed E-state index contributed by atoms with van der Waals surface area (Å²) in [6, 6.07) is 0.970. The molecule has 120 valence electrons. The third kappa shape index (κ3) is 4.44. The molecule has 1 N–H and O–H groups in total. The standard InChI is InChI=1S/C13H14F3N3O2S/c1-2-3-8-6-17-7-9(8)22-10-4-5-18-12(19-10)21-11(20)13(14,15)16/h2,4-5,8-9,17H,1,3,6-7H2/t8-,9-/m1/s1. The SMILES string of the molecule is C=CC[C@@H]1CNC[C@H]1Sc1ccnc(OC(=O)C(F)(F)F)n1. The van der Waals surface area contributed by atoms with E-state index >= 15 is 0 Å². The predicted octanol–water partition coefficient (Wildman–Crippen LogP) is 2.20. The zero-order valence-electron chi connectivity index (χ0n) is 11.5. The normalized spacial score (nSPS) is 21.6. The third-order valence-corrected chi connectivity index (χ3v) is 4.37. The van der Waals surface area contributed by atoms with E-state index in [1.165, 1.54) is 18.0 Å². The fraction of sp³-hybridized carbons (Fsp3) is 0.462. The largest absolute Gasteiger partial charge is 0.491 e. The van der Waals surface area contributed by atoms with Crippen molar-refractivity contribution in [3.8, 4) is 6.01 Å². The molecular weight excluding hydrogens is 319 g/mol. The molecule has 1 fully saturated rings. The lowest BCUT2D eigenvalue weighted by Crippen LogP contribution is -2.28. The summed E-state index contributed by atoms with van der Waals surface area (Å²) in [5, 5.41) is 3.93. The van der Waals surface area contributed by atoms with Crippen LogP contribution in [0.2, 0.25) is 0 Å². The van der Waals surface area contributed by atoms with Crippen LogP contribution in [0.15, 0.2) is 29.9 Å². The summed E-state index contributed by atoms with van der Waals surface area (Å²) in [7, 11) is 0. The van der Waals surface area contributed by atoms with Crippen LogP contribution in [0.3, 0.4) is 0 Å². The summed E-state index contributed by atoms with van der Waals surface area (Å²) in [4.78, 5) is 18.1.